The van der Waals surface area contributed by atoms with E-state index in [1.54, 1.807) is 7.11 Å². The highest BCUT2D eigenvalue weighted by Crippen LogP contribution is 2.36. The van der Waals surface area contributed by atoms with Crippen LogP contribution in [0.1, 0.15) is 21.0 Å². The molecule has 0 radical (unpaired) electrons. The third-order valence-electron chi connectivity index (χ3n) is 3.02. The average molecular weight is 273 g/mol. The Labute approximate surface area is 116 Å². The second kappa shape index (κ2) is 5.39. The Hall–Kier alpha value is -1.90. The number of aromatic nitrogens is 1. The SMILES string of the molecule is COc1cc(C)c(C)cc1-c1nc(CN)sc1C#N. The van der Waals surface area contributed by atoms with E-state index in [0.29, 0.717) is 17.1 Å². The van der Waals surface area contributed by atoms with E-state index in [4.69, 9.17) is 10.5 Å². The van der Waals surface area contributed by atoms with Crippen molar-refractivity contribution in [1.82, 2.24) is 4.98 Å². The van der Waals surface area contributed by atoms with Crippen LogP contribution < -0.4 is 10.5 Å². The standard InChI is InChI=1S/C14H15N3OS/c1-8-4-10(11(18-3)5-9(8)2)14-12(6-15)19-13(7-16)17-14/h4-5H,7,16H2,1-3H3. The van der Waals surface area contributed by atoms with E-state index in [-0.39, 0.29) is 0 Å². The summed E-state index contributed by atoms with van der Waals surface area (Å²) in [5.74, 6) is 0.730. The minimum atomic E-state index is 0.340. The first kappa shape index (κ1) is 13.5. The predicted molar refractivity (Wildman–Crippen MR) is 76.2 cm³/mol. The topological polar surface area (TPSA) is 71.9 Å². The van der Waals surface area contributed by atoms with Crippen molar-refractivity contribution >= 4 is 11.3 Å². The van der Waals surface area contributed by atoms with Crippen LogP contribution in [0.2, 0.25) is 0 Å². The molecule has 4 nitrogen and oxygen atoms in total. The molecule has 0 aliphatic carbocycles. The average Bonchev–Trinajstić information content (AvgIpc) is 2.84. The lowest BCUT2D eigenvalue weighted by Gasteiger charge is -2.10. The molecule has 98 valence electrons. The Morgan fingerprint density at radius 3 is 2.63 bits per heavy atom. The predicted octanol–water partition coefficient (Wildman–Crippen LogP) is 2.77. The molecule has 0 aliphatic rings. The Balaban J connectivity index is 2.67. The summed E-state index contributed by atoms with van der Waals surface area (Å²) < 4.78 is 5.40. The van der Waals surface area contributed by atoms with Gasteiger partial charge in [0.2, 0.25) is 0 Å². The second-order valence-electron chi connectivity index (χ2n) is 4.24. The first-order valence-corrected chi connectivity index (χ1v) is 6.67. The summed E-state index contributed by atoms with van der Waals surface area (Å²) in [4.78, 5) is 5.01. The zero-order valence-electron chi connectivity index (χ0n) is 11.2. The molecule has 0 unspecified atom stereocenters. The smallest absolute Gasteiger partial charge is 0.133 e. The van der Waals surface area contributed by atoms with Crippen LogP contribution >= 0.6 is 11.3 Å². The zero-order chi connectivity index (χ0) is 14.0. The summed E-state index contributed by atoms with van der Waals surface area (Å²) in [7, 11) is 1.62. The highest BCUT2D eigenvalue weighted by molar-refractivity contribution is 7.12. The quantitative estimate of drug-likeness (QED) is 0.933. The monoisotopic (exact) mass is 273 g/mol. The van der Waals surface area contributed by atoms with E-state index in [1.165, 1.54) is 11.3 Å². The molecule has 0 saturated carbocycles. The molecular weight excluding hydrogens is 258 g/mol. The summed E-state index contributed by atoms with van der Waals surface area (Å²) in [5.41, 5.74) is 9.39. The van der Waals surface area contributed by atoms with Crippen molar-refractivity contribution in [3.63, 3.8) is 0 Å². The van der Waals surface area contributed by atoms with Crippen molar-refractivity contribution in [2.24, 2.45) is 5.73 Å². The van der Waals surface area contributed by atoms with Gasteiger partial charge in [0, 0.05) is 12.1 Å². The molecule has 1 heterocycles. The maximum Gasteiger partial charge on any atom is 0.133 e. The van der Waals surface area contributed by atoms with Gasteiger partial charge in [-0.05, 0) is 37.1 Å². The zero-order valence-corrected chi connectivity index (χ0v) is 12.0. The van der Waals surface area contributed by atoms with Gasteiger partial charge in [-0.2, -0.15) is 5.26 Å². The Morgan fingerprint density at radius 1 is 1.37 bits per heavy atom. The van der Waals surface area contributed by atoms with Crippen molar-refractivity contribution in [1.29, 1.82) is 5.26 Å². The largest absolute Gasteiger partial charge is 0.496 e. The summed E-state index contributed by atoms with van der Waals surface area (Å²) in [5, 5.41) is 9.97. The molecule has 19 heavy (non-hydrogen) atoms. The van der Waals surface area contributed by atoms with Crippen molar-refractivity contribution in [2.75, 3.05) is 7.11 Å². The molecule has 0 fully saturated rings. The number of hydrogen-bond acceptors (Lipinski definition) is 5. The third kappa shape index (κ3) is 2.46. The minimum absolute atomic E-state index is 0.340. The van der Waals surface area contributed by atoms with Crippen molar-refractivity contribution in [3.05, 3.63) is 33.1 Å². The van der Waals surface area contributed by atoms with Gasteiger partial charge in [0.1, 0.15) is 27.4 Å². The molecule has 2 aromatic rings. The first-order chi connectivity index (χ1) is 9.10. The number of methoxy groups -OCH3 is 1. The van der Waals surface area contributed by atoms with Gasteiger partial charge in [0.05, 0.1) is 7.11 Å². The number of ether oxygens (including phenoxy) is 1. The van der Waals surface area contributed by atoms with Crippen LogP contribution in [0.25, 0.3) is 11.3 Å². The highest BCUT2D eigenvalue weighted by Gasteiger charge is 2.17. The fourth-order valence-corrected chi connectivity index (χ4v) is 2.61. The van der Waals surface area contributed by atoms with E-state index < -0.39 is 0 Å². The molecule has 1 aromatic heterocycles. The maximum atomic E-state index is 9.21. The van der Waals surface area contributed by atoms with Crippen LogP contribution in [0.15, 0.2) is 12.1 Å². The molecule has 0 atom stereocenters. The number of nitriles is 1. The van der Waals surface area contributed by atoms with Crippen LogP contribution in [-0.2, 0) is 6.54 Å². The van der Waals surface area contributed by atoms with Crippen LogP contribution in [-0.4, -0.2) is 12.1 Å². The van der Waals surface area contributed by atoms with Gasteiger partial charge in [0.25, 0.3) is 0 Å². The van der Waals surface area contributed by atoms with Crippen LogP contribution in [0.4, 0.5) is 0 Å². The Morgan fingerprint density at radius 2 is 2.05 bits per heavy atom. The van der Waals surface area contributed by atoms with Crippen LogP contribution in [0.3, 0.4) is 0 Å². The van der Waals surface area contributed by atoms with Gasteiger partial charge >= 0.3 is 0 Å². The molecule has 0 spiro atoms. The number of thiazole rings is 1. The molecule has 5 heteroatoms. The Kier molecular flexibility index (Phi) is 3.84. The number of aryl methyl sites for hydroxylation is 2. The molecule has 2 rings (SSSR count). The fraction of sp³-hybridized carbons (Fsp3) is 0.286. The summed E-state index contributed by atoms with van der Waals surface area (Å²) in [6, 6.07) is 6.15. The molecular formula is C14H15N3OS. The molecule has 0 aliphatic heterocycles. The van der Waals surface area contributed by atoms with Gasteiger partial charge in [-0.3, -0.25) is 0 Å². The van der Waals surface area contributed by atoms with E-state index in [2.05, 4.69) is 11.1 Å². The number of hydrogen-bond donors (Lipinski definition) is 1. The minimum Gasteiger partial charge on any atom is -0.496 e. The molecule has 0 saturated heterocycles. The van der Waals surface area contributed by atoms with Gasteiger partial charge in [0.15, 0.2) is 0 Å². The van der Waals surface area contributed by atoms with E-state index in [9.17, 15) is 5.26 Å². The lowest BCUT2D eigenvalue weighted by atomic mass is 10.0. The highest BCUT2D eigenvalue weighted by atomic mass is 32.1. The van der Waals surface area contributed by atoms with Crippen molar-refractivity contribution in [2.45, 2.75) is 20.4 Å². The number of nitrogens with two attached hydrogens (primary N) is 1. The van der Waals surface area contributed by atoms with E-state index >= 15 is 0 Å². The van der Waals surface area contributed by atoms with Crippen LogP contribution in [0.5, 0.6) is 5.75 Å². The fourth-order valence-electron chi connectivity index (χ4n) is 1.85. The van der Waals surface area contributed by atoms with Crippen LogP contribution in [0, 0.1) is 25.2 Å². The lowest BCUT2D eigenvalue weighted by molar-refractivity contribution is 0.416. The lowest BCUT2D eigenvalue weighted by Crippen LogP contribution is -1.96. The summed E-state index contributed by atoms with van der Waals surface area (Å²) in [6.07, 6.45) is 0. The van der Waals surface area contributed by atoms with Gasteiger partial charge in [-0.25, -0.2) is 4.98 Å². The summed E-state index contributed by atoms with van der Waals surface area (Å²) >= 11 is 1.33. The third-order valence-corrected chi connectivity index (χ3v) is 4.00. The van der Waals surface area contributed by atoms with Gasteiger partial charge in [-0.15, -0.1) is 11.3 Å². The van der Waals surface area contributed by atoms with E-state index in [0.717, 1.165) is 27.4 Å². The van der Waals surface area contributed by atoms with Crippen molar-refractivity contribution in [3.8, 4) is 23.1 Å². The number of nitrogens with zero attached hydrogens (tertiary/aromatic N) is 2. The maximum absolute atomic E-state index is 9.21. The number of benzene rings is 1. The second-order valence-corrected chi connectivity index (χ2v) is 5.32. The van der Waals surface area contributed by atoms with Gasteiger partial charge < -0.3 is 10.5 Å². The number of rotatable bonds is 3. The molecule has 2 N–H and O–H groups in total. The molecule has 0 amide bonds. The van der Waals surface area contributed by atoms with Gasteiger partial charge in [-0.1, -0.05) is 0 Å². The normalized spacial score (nSPS) is 10.3. The molecule has 0 bridgehead atoms. The van der Waals surface area contributed by atoms with Crippen molar-refractivity contribution < 1.29 is 4.74 Å². The Bertz CT molecular complexity index is 655. The van der Waals surface area contributed by atoms with E-state index in [1.807, 2.05) is 26.0 Å². The summed E-state index contributed by atoms with van der Waals surface area (Å²) in [6.45, 7) is 4.40. The first-order valence-electron chi connectivity index (χ1n) is 5.86. The molecule has 1 aromatic carbocycles.